The fraction of sp³-hybridized carbons (Fsp3) is 0.0833. The minimum atomic E-state index is -0.376. The minimum Gasteiger partial charge on any atom is -0.392 e. The van der Waals surface area contributed by atoms with Gasteiger partial charge >= 0.3 is 0 Å². The molecule has 5 nitrogen and oxygen atoms in total. The van der Waals surface area contributed by atoms with Gasteiger partial charge in [0.05, 0.1) is 24.5 Å². The fourth-order valence-corrected chi connectivity index (χ4v) is 1.60. The Labute approximate surface area is 108 Å². The molecule has 0 aliphatic heterocycles. The zero-order chi connectivity index (χ0) is 13.1. The van der Waals surface area contributed by atoms with E-state index in [9.17, 15) is 4.79 Å². The van der Waals surface area contributed by atoms with Crippen molar-refractivity contribution in [3.8, 4) is 6.07 Å². The summed E-state index contributed by atoms with van der Waals surface area (Å²) in [5.74, 6) is 0. The Morgan fingerprint density at radius 2 is 2.06 bits per heavy atom. The van der Waals surface area contributed by atoms with E-state index in [0.29, 0.717) is 12.1 Å². The van der Waals surface area contributed by atoms with Gasteiger partial charge in [-0.2, -0.15) is 5.26 Å². The van der Waals surface area contributed by atoms with Gasteiger partial charge in [0.2, 0.25) is 0 Å². The predicted octanol–water partition coefficient (Wildman–Crippen LogP) is 1.40. The Morgan fingerprint density at radius 1 is 1.39 bits per heavy atom. The smallest absolute Gasteiger partial charge is 0.278 e. The molecule has 1 heterocycles. The van der Waals surface area contributed by atoms with Crippen molar-refractivity contribution >= 4 is 17.3 Å². The molecule has 0 amide bonds. The van der Waals surface area contributed by atoms with Gasteiger partial charge in [0.1, 0.15) is 5.69 Å². The number of nitrogens with two attached hydrogens (primary N) is 1. The van der Waals surface area contributed by atoms with E-state index in [2.05, 4.69) is 4.98 Å². The topological polar surface area (TPSA) is 84.7 Å². The fourth-order valence-electron chi connectivity index (χ4n) is 1.48. The van der Waals surface area contributed by atoms with Crippen molar-refractivity contribution < 1.29 is 0 Å². The molecule has 1 aromatic heterocycles. The van der Waals surface area contributed by atoms with Gasteiger partial charge in [0, 0.05) is 0 Å². The lowest BCUT2D eigenvalue weighted by Gasteiger charge is -2.06. The Kier molecular flexibility index (Phi) is 3.31. The van der Waals surface area contributed by atoms with Crippen LogP contribution >= 0.6 is 11.6 Å². The van der Waals surface area contributed by atoms with Gasteiger partial charge in [-0.25, -0.2) is 4.98 Å². The summed E-state index contributed by atoms with van der Waals surface area (Å²) in [5, 5.41) is 8.69. The van der Waals surface area contributed by atoms with Gasteiger partial charge in [0.15, 0.2) is 5.15 Å². The monoisotopic (exact) mass is 260 g/mol. The van der Waals surface area contributed by atoms with Crippen LogP contribution in [0.1, 0.15) is 11.1 Å². The van der Waals surface area contributed by atoms with E-state index in [4.69, 9.17) is 22.6 Å². The Bertz CT molecular complexity index is 670. The summed E-state index contributed by atoms with van der Waals surface area (Å²) in [6.07, 6.45) is 1.35. The molecular formula is C12H9ClN4O. The third-order valence-electron chi connectivity index (χ3n) is 2.46. The molecule has 6 heteroatoms. The number of nitriles is 1. The van der Waals surface area contributed by atoms with Crippen LogP contribution in [-0.4, -0.2) is 9.55 Å². The average Bonchev–Trinajstić information content (AvgIpc) is 2.40. The maximum absolute atomic E-state index is 11.8. The minimum absolute atomic E-state index is 0.0103. The number of rotatable bonds is 2. The van der Waals surface area contributed by atoms with E-state index in [0.717, 1.165) is 5.56 Å². The molecule has 2 N–H and O–H groups in total. The van der Waals surface area contributed by atoms with Crippen molar-refractivity contribution in [1.29, 1.82) is 5.26 Å². The van der Waals surface area contributed by atoms with Crippen LogP contribution in [-0.2, 0) is 6.54 Å². The van der Waals surface area contributed by atoms with Crippen molar-refractivity contribution in [2.75, 3.05) is 5.73 Å². The number of benzene rings is 1. The van der Waals surface area contributed by atoms with Crippen LogP contribution in [0.5, 0.6) is 0 Å². The number of hydrogen-bond acceptors (Lipinski definition) is 4. The van der Waals surface area contributed by atoms with Crippen LogP contribution in [0, 0.1) is 11.3 Å². The van der Waals surface area contributed by atoms with Crippen LogP contribution in [0.4, 0.5) is 5.69 Å². The number of halogens is 1. The Balaban J connectivity index is 2.32. The lowest BCUT2D eigenvalue weighted by atomic mass is 10.1. The number of hydrogen-bond donors (Lipinski definition) is 1. The molecule has 0 radical (unpaired) electrons. The highest BCUT2D eigenvalue weighted by molar-refractivity contribution is 6.31. The molecule has 2 rings (SSSR count). The molecular weight excluding hydrogens is 252 g/mol. The highest BCUT2D eigenvalue weighted by Crippen LogP contribution is 2.09. The number of nitrogen functional groups attached to an aromatic ring is 1. The molecule has 0 spiro atoms. The first kappa shape index (κ1) is 12.1. The molecule has 18 heavy (non-hydrogen) atoms. The van der Waals surface area contributed by atoms with Gasteiger partial charge in [-0.3, -0.25) is 9.36 Å². The summed E-state index contributed by atoms with van der Waals surface area (Å²) in [7, 11) is 0. The molecule has 90 valence electrons. The second-order valence-corrected chi connectivity index (χ2v) is 4.05. The first-order chi connectivity index (χ1) is 8.61. The molecule has 0 saturated carbocycles. The molecule has 2 aromatic rings. The molecule has 0 saturated heterocycles. The van der Waals surface area contributed by atoms with Crippen molar-refractivity contribution in [2.45, 2.75) is 6.54 Å². The Morgan fingerprint density at radius 3 is 2.67 bits per heavy atom. The standard InChI is InChI=1S/C12H9ClN4O/c13-11-10(15)12(18)17(7-16-11)6-9-3-1-8(5-14)2-4-9/h1-4,7H,6,15H2. The van der Waals surface area contributed by atoms with Gasteiger partial charge in [-0.1, -0.05) is 23.7 Å². The maximum Gasteiger partial charge on any atom is 0.278 e. The zero-order valence-electron chi connectivity index (χ0n) is 9.30. The molecule has 0 atom stereocenters. The van der Waals surface area contributed by atoms with Crippen LogP contribution in [0.15, 0.2) is 35.4 Å². The molecule has 0 fully saturated rings. The highest BCUT2D eigenvalue weighted by atomic mass is 35.5. The lowest BCUT2D eigenvalue weighted by Crippen LogP contribution is -2.24. The molecule has 0 aliphatic carbocycles. The van der Waals surface area contributed by atoms with E-state index >= 15 is 0 Å². The van der Waals surface area contributed by atoms with Crippen molar-refractivity contribution in [3.05, 3.63) is 57.2 Å². The summed E-state index contributed by atoms with van der Waals surface area (Å²) in [4.78, 5) is 15.6. The summed E-state index contributed by atoms with van der Waals surface area (Å²) in [6, 6.07) is 8.95. The van der Waals surface area contributed by atoms with E-state index < -0.39 is 0 Å². The molecule has 0 aliphatic rings. The number of anilines is 1. The SMILES string of the molecule is N#Cc1ccc(Cn2cnc(Cl)c(N)c2=O)cc1. The van der Waals surface area contributed by atoms with E-state index in [1.54, 1.807) is 24.3 Å². The lowest BCUT2D eigenvalue weighted by molar-refractivity contribution is 0.739. The van der Waals surface area contributed by atoms with Crippen LogP contribution < -0.4 is 11.3 Å². The van der Waals surface area contributed by atoms with E-state index in [1.165, 1.54) is 10.9 Å². The summed E-state index contributed by atoms with van der Waals surface area (Å²) in [5.41, 5.74) is 6.52. The second-order valence-electron chi connectivity index (χ2n) is 3.69. The van der Waals surface area contributed by atoms with Gasteiger partial charge < -0.3 is 5.73 Å². The van der Waals surface area contributed by atoms with Crippen molar-refractivity contribution in [3.63, 3.8) is 0 Å². The third kappa shape index (κ3) is 2.34. The van der Waals surface area contributed by atoms with Gasteiger partial charge in [-0.05, 0) is 17.7 Å². The van der Waals surface area contributed by atoms with Gasteiger partial charge in [0.25, 0.3) is 5.56 Å². The summed E-state index contributed by atoms with van der Waals surface area (Å²) >= 11 is 5.64. The molecule has 0 unspecified atom stereocenters. The van der Waals surface area contributed by atoms with E-state index in [1.807, 2.05) is 6.07 Å². The highest BCUT2D eigenvalue weighted by Gasteiger charge is 2.06. The first-order valence-corrected chi connectivity index (χ1v) is 5.49. The molecule has 1 aromatic carbocycles. The van der Waals surface area contributed by atoms with Crippen LogP contribution in [0.25, 0.3) is 0 Å². The molecule has 0 bridgehead atoms. The third-order valence-corrected chi connectivity index (χ3v) is 2.76. The van der Waals surface area contributed by atoms with Gasteiger partial charge in [-0.15, -0.1) is 0 Å². The first-order valence-electron chi connectivity index (χ1n) is 5.11. The van der Waals surface area contributed by atoms with Crippen LogP contribution in [0.3, 0.4) is 0 Å². The number of aromatic nitrogens is 2. The zero-order valence-corrected chi connectivity index (χ0v) is 10.1. The predicted molar refractivity (Wildman–Crippen MR) is 68.2 cm³/mol. The summed E-state index contributed by atoms with van der Waals surface area (Å²) < 4.78 is 1.36. The quantitative estimate of drug-likeness (QED) is 0.827. The van der Waals surface area contributed by atoms with E-state index in [-0.39, 0.29) is 16.4 Å². The maximum atomic E-state index is 11.8. The van der Waals surface area contributed by atoms with Crippen molar-refractivity contribution in [2.24, 2.45) is 0 Å². The number of nitrogens with zero attached hydrogens (tertiary/aromatic N) is 3. The Hall–Kier alpha value is -2.32. The average molecular weight is 261 g/mol. The van der Waals surface area contributed by atoms with Crippen LogP contribution in [0.2, 0.25) is 5.15 Å². The normalized spacial score (nSPS) is 10.0. The summed E-state index contributed by atoms with van der Waals surface area (Å²) in [6.45, 7) is 0.332. The van der Waals surface area contributed by atoms with Crippen molar-refractivity contribution in [1.82, 2.24) is 9.55 Å². The second kappa shape index (κ2) is 4.90. The largest absolute Gasteiger partial charge is 0.392 e.